The lowest BCUT2D eigenvalue weighted by molar-refractivity contribution is -0.141. The minimum absolute atomic E-state index is 0.240. The number of hydrogen-bond acceptors (Lipinski definition) is 2. The van der Waals surface area contributed by atoms with Crippen molar-refractivity contribution < 1.29 is 31.9 Å². The summed E-state index contributed by atoms with van der Waals surface area (Å²) >= 11 is 0. The molecular weight excluding hydrogens is 273 g/mol. The third kappa shape index (κ3) is 2.33. The minimum Gasteiger partial charge on any atom is -0.478 e. The molecule has 1 heterocycles. The molecule has 0 radical (unpaired) electrons. The van der Waals surface area contributed by atoms with Gasteiger partial charge in [0.15, 0.2) is 5.82 Å². The first kappa shape index (κ1) is 13.2. The van der Waals surface area contributed by atoms with Crippen LogP contribution in [0.3, 0.4) is 0 Å². The predicted octanol–water partition coefficient (Wildman–Crippen LogP) is 3.23. The average Bonchev–Trinajstić information content (AvgIpc) is 2.25. The van der Waals surface area contributed by atoms with E-state index in [-0.39, 0.29) is 6.07 Å². The lowest BCUT2D eigenvalue weighted by atomic mass is 10.1. The molecule has 19 heavy (non-hydrogen) atoms. The van der Waals surface area contributed by atoms with E-state index in [9.17, 15) is 26.7 Å². The SMILES string of the molecule is O=C(O)c1cc(C(F)(F)F)nc2c(F)cc(F)cc12. The summed E-state index contributed by atoms with van der Waals surface area (Å²) in [7, 11) is 0. The highest BCUT2D eigenvalue weighted by molar-refractivity contribution is 6.02. The number of aromatic carboxylic acids is 1. The maximum Gasteiger partial charge on any atom is 0.433 e. The summed E-state index contributed by atoms with van der Waals surface area (Å²) in [5.41, 5.74) is -3.26. The molecule has 0 aliphatic carbocycles. The number of fused-ring (bicyclic) bond motifs is 1. The van der Waals surface area contributed by atoms with Crippen LogP contribution in [0.4, 0.5) is 22.0 Å². The zero-order valence-electron chi connectivity index (χ0n) is 8.92. The molecule has 0 amide bonds. The molecule has 0 saturated carbocycles. The number of carboxylic acids is 1. The van der Waals surface area contributed by atoms with Gasteiger partial charge < -0.3 is 5.11 Å². The van der Waals surface area contributed by atoms with Gasteiger partial charge in [-0.2, -0.15) is 13.2 Å². The van der Waals surface area contributed by atoms with E-state index in [0.29, 0.717) is 12.1 Å². The van der Waals surface area contributed by atoms with Crippen molar-refractivity contribution in [2.45, 2.75) is 6.18 Å². The van der Waals surface area contributed by atoms with Gasteiger partial charge in [0.1, 0.15) is 17.0 Å². The molecule has 100 valence electrons. The predicted molar refractivity (Wildman–Crippen MR) is 53.6 cm³/mol. The van der Waals surface area contributed by atoms with E-state index in [2.05, 4.69) is 4.98 Å². The number of pyridine rings is 1. The Balaban J connectivity index is 2.92. The Morgan fingerprint density at radius 3 is 2.32 bits per heavy atom. The second kappa shape index (κ2) is 4.15. The quantitative estimate of drug-likeness (QED) is 0.814. The van der Waals surface area contributed by atoms with Crippen LogP contribution in [0.1, 0.15) is 16.1 Å². The molecule has 0 unspecified atom stereocenters. The van der Waals surface area contributed by atoms with Gasteiger partial charge in [0.25, 0.3) is 0 Å². The van der Waals surface area contributed by atoms with Crippen LogP contribution in [0, 0.1) is 11.6 Å². The third-order valence-corrected chi connectivity index (χ3v) is 2.35. The van der Waals surface area contributed by atoms with E-state index >= 15 is 0 Å². The monoisotopic (exact) mass is 277 g/mol. The fourth-order valence-electron chi connectivity index (χ4n) is 1.57. The van der Waals surface area contributed by atoms with Gasteiger partial charge in [0.05, 0.1) is 5.56 Å². The molecule has 3 nitrogen and oxygen atoms in total. The number of aromatic nitrogens is 1. The molecular formula is C11H4F5NO2. The Morgan fingerprint density at radius 2 is 1.79 bits per heavy atom. The Labute approximate surface area is 102 Å². The van der Waals surface area contributed by atoms with Gasteiger partial charge >= 0.3 is 12.1 Å². The highest BCUT2D eigenvalue weighted by Gasteiger charge is 2.34. The van der Waals surface area contributed by atoms with Crippen LogP contribution < -0.4 is 0 Å². The standard InChI is InChI=1S/C11H4F5NO2/c12-4-1-5-6(10(18)19)3-8(11(14,15)16)17-9(5)7(13)2-4/h1-3H,(H,18,19). The van der Waals surface area contributed by atoms with Gasteiger partial charge in [-0.15, -0.1) is 0 Å². The van der Waals surface area contributed by atoms with Crippen LogP contribution in [0.25, 0.3) is 10.9 Å². The molecule has 1 N–H and O–H groups in total. The maximum atomic E-state index is 13.4. The number of carbonyl (C=O) groups is 1. The summed E-state index contributed by atoms with van der Waals surface area (Å²) < 4.78 is 63.9. The molecule has 0 spiro atoms. The number of halogens is 5. The van der Waals surface area contributed by atoms with Crippen LogP contribution in [-0.4, -0.2) is 16.1 Å². The van der Waals surface area contributed by atoms with E-state index in [1.165, 1.54) is 0 Å². The summed E-state index contributed by atoms with van der Waals surface area (Å²) in [4.78, 5) is 13.9. The third-order valence-electron chi connectivity index (χ3n) is 2.35. The highest BCUT2D eigenvalue weighted by atomic mass is 19.4. The van der Waals surface area contributed by atoms with Gasteiger partial charge in [-0.25, -0.2) is 18.6 Å². The van der Waals surface area contributed by atoms with Gasteiger partial charge in [-0.05, 0) is 12.1 Å². The molecule has 2 aromatic rings. The largest absolute Gasteiger partial charge is 0.478 e. The molecule has 0 aliphatic heterocycles. The number of nitrogens with zero attached hydrogens (tertiary/aromatic N) is 1. The van der Waals surface area contributed by atoms with Crippen LogP contribution in [-0.2, 0) is 6.18 Å². The second-order valence-corrected chi connectivity index (χ2v) is 3.64. The Bertz CT molecular complexity index is 681. The van der Waals surface area contributed by atoms with Crippen molar-refractivity contribution in [2.24, 2.45) is 0 Å². The Hall–Kier alpha value is -2.25. The summed E-state index contributed by atoms with van der Waals surface area (Å²) in [5, 5.41) is 8.29. The molecule has 8 heteroatoms. The number of hydrogen-bond donors (Lipinski definition) is 1. The first-order valence-electron chi connectivity index (χ1n) is 4.80. The number of benzene rings is 1. The molecule has 0 aliphatic rings. The molecule has 0 saturated heterocycles. The Morgan fingerprint density at radius 1 is 1.16 bits per heavy atom. The molecule has 2 rings (SSSR count). The molecule has 0 atom stereocenters. The van der Waals surface area contributed by atoms with E-state index < -0.39 is 45.9 Å². The lowest BCUT2D eigenvalue weighted by Crippen LogP contribution is -2.11. The fraction of sp³-hybridized carbons (Fsp3) is 0.0909. The second-order valence-electron chi connectivity index (χ2n) is 3.64. The summed E-state index contributed by atoms with van der Waals surface area (Å²) in [6.07, 6.45) is -4.93. The van der Waals surface area contributed by atoms with Gasteiger partial charge in [-0.3, -0.25) is 0 Å². The summed E-state index contributed by atoms with van der Waals surface area (Å²) in [6.45, 7) is 0. The van der Waals surface area contributed by atoms with Gasteiger partial charge in [-0.1, -0.05) is 0 Å². The molecule has 0 fully saturated rings. The molecule has 1 aromatic carbocycles. The smallest absolute Gasteiger partial charge is 0.433 e. The van der Waals surface area contributed by atoms with E-state index in [1.807, 2.05) is 0 Å². The van der Waals surface area contributed by atoms with Gasteiger partial charge in [0.2, 0.25) is 0 Å². The number of alkyl halides is 3. The van der Waals surface area contributed by atoms with Crippen LogP contribution >= 0.6 is 0 Å². The normalized spacial score (nSPS) is 11.8. The zero-order chi connectivity index (χ0) is 14.4. The van der Waals surface area contributed by atoms with Crippen molar-refractivity contribution in [2.75, 3.05) is 0 Å². The van der Waals surface area contributed by atoms with Crippen molar-refractivity contribution in [1.29, 1.82) is 0 Å². The number of carboxylic acid groups (broad SMARTS) is 1. The van der Waals surface area contributed by atoms with Crippen LogP contribution in [0.2, 0.25) is 0 Å². The van der Waals surface area contributed by atoms with E-state index in [0.717, 1.165) is 0 Å². The topological polar surface area (TPSA) is 50.2 Å². The minimum atomic E-state index is -4.93. The van der Waals surface area contributed by atoms with Crippen molar-refractivity contribution >= 4 is 16.9 Å². The maximum absolute atomic E-state index is 13.4. The lowest BCUT2D eigenvalue weighted by Gasteiger charge is -2.10. The summed E-state index contributed by atoms with van der Waals surface area (Å²) in [5.74, 6) is -4.19. The highest BCUT2D eigenvalue weighted by Crippen LogP contribution is 2.32. The van der Waals surface area contributed by atoms with Gasteiger partial charge in [0, 0.05) is 11.5 Å². The zero-order valence-corrected chi connectivity index (χ0v) is 8.92. The van der Waals surface area contributed by atoms with Crippen molar-refractivity contribution in [3.8, 4) is 0 Å². The first-order chi connectivity index (χ1) is 8.70. The van der Waals surface area contributed by atoms with E-state index in [4.69, 9.17) is 5.11 Å². The van der Waals surface area contributed by atoms with Crippen molar-refractivity contribution in [1.82, 2.24) is 4.98 Å². The molecule has 1 aromatic heterocycles. The van der Waals surface area contributed by atoms with E-state index in [1.54, 1.807) is 0 Å². The van der Waals surface area contributed by atoms with Crippen molar-refractivity contribution in [3.05, 3.63) is 41.1 Å². The first-order valence-corrected chi connectivity index (χ1v) is 4.80. The summed E-state index contributed by atoms with van der Waals surface area (Å²) in [6, 6.07) is 1.19. The van der Waals surface area contributed by atoms with Crippen LogP contribution in [0.15, 0.2) is 18.2 Å². The Kier molecular flexibility index (Phi) is 2.88. The number of rotatable bonds is 1. The fourth-order valence-corrected chi connectivity index (χ4v) is 1.57. The average molecular weight is 277 g/mol. The van der Waals surface area contributed by atoms with Crippen molar-refractivity contribution in [3.63, 3.8) is 0 Å². The van der Waals surface area contributed by atoms with Crippen LogP contribution in [0.5, 0.6) is 0 Å². The molecule has 0 bridgehead atoms.